The standard InChI is InChI=1S/C17H24O4/c1-11(2)12-7-6-8-16(3)10-17(9-13(12)16,14(18)20-4)15(19)21-5/h6,8,13H,7,9-10H2,1-5H3/t13-,16+/m0/s1. The minimum atomic E-state index is -1.18. The van der Waals surface area contributed by atoms with Gasteiger partial charge in [-0.3, -0.25) is 9.59 Å². The summed E-state index contributed by atoms with van der Waals surface area (Å²) in [7, 11) is 2.66. The molecule has 116 valence electrons. The molecule has 4 heteroatoms. The largest absolute Gasteiger partial charge is 0.468 e. The molecule has 0 aliphatic heterocycles. The molecule has 0 unspecified atom stereocenters. The van der Waals surface area contributed by atoms with Gasteiger partial charge in [0.25, 0.3) is 0 Å². The molecule has 2 rings (SSSR count). The molecule has 1 fully saturated rings. The van der Waals surface area contributed by atoms with Crippen LogP contribution in [0.4, 0.5) is 0 Å². The quantitative estimate of drug-likeness (QED) is 0.446. The van der Waals surface area contributed by atoms with Crippen LogP contribution in [-0.4, -0.2) is 26.2 Å². The summed E-state index contributed by atoms with van der Waals surface area (Å²) in [5.41, 5.74) is 1.21. The highest BCUT2D eigenvalue weighted by Crippen LogP contribution is 2.60. The summed E-state index contributed by atoms with van der Waals surface area (Å²) in [4.78, 5) is 24.7. The van der Waals surface area contributed by atoms with Gasteiger partial charge in [-0.2, -0.15) is 0 Å². The SMILES string of the molecule is COC(=O)C1(C(=O)OC)C[C@H]2C(=C(C)C)CC=C[C@]2(C)C1. The van der Waals surface area contributed by atoms with Gasteiger partial charge >= 0.3 is 11.9 Å². The van der Waals surface area contributed by atoms with Gasteiger partial charge in [0.2, 0.25) is 0 Å². The van der Waals surface area contributed by atoms with Crippen LogP contribution >= 0.6 is 0 Å². The van der Waals surface area contributed by atoms with E-state index in [0.29, 0.717) is 12.8 Å². The van der Waals surface area contributed by atoms with Crippen LogP contribution in [0, 0.1) is 16.7 Å². The Hall–Kier alpha value is -1.58. The van der Waals surface area contributed by atoms with E-state index in [9.17, 15) is 9.59 Å². The molecule has 0 spiro atoms. The second-order valence-corrected chi connectivity index (χ2v) is 6.64. The van der Waals surface area contributed by atoms with E-state index in [4.69, 9.17) is 9.47 Å². The topological polar surface area (TPSA) is 52.6 Å². The van der Waals surface area contributed by atoms with Gasteiger partial charge in [-0.05, 0) is 44.4 Å². The fourth-order valence-electron chi connectivity index (χ4n) is 4.06. The average Bonchev–Trinajstić information content (AvgIpc) is 2.79. The van der Waals surface area contributed by atoms with Crippen molar-refractivity contribution in [2.24, 2.45) is 16.7 Å². The fourth-order valence-corrected chi connectivity index (χ4v) is 4.06. The second kappa shape index (κ2) is 5.32. The fraction of sp³-hybridized carbons (Fsp3) is 0.647. The van der Waals surface area contributed by atoms with Crippen molar-refractivity contribution in [3.05, 3.63) is 23.3 Å². The van der Waals surface area contributed by atoms with Crippen molar-refractivity contribution in [3.8, 4) is 0 Å². The Morgan fingerprint density at radius 1 is 1.19 bits per heavy atom. The average molecular weight is 292 g/mol. The smallest absolute Gasteiger partial charge is 0.323 e. The Kier molecular flexibility index (Phi) is 4.00. The van der Waals surface area contributed by atoms with Gasteiger partial charge < -0.3 is 9.47 Å². The first-order chi connectivity index (χ1) is 9.80. The molecule has 0 saturated heterocycles. The van der Waals surface area contributed by atoms with Gasteiger partial charge in [-0.15, -0.1) is 0 Å². The summed E-state index contributed by atoms with van der Waals surface area (Å²) >= 11 is 0. The van der Waals surface area contributed by atoms with Crippen molar-refractivity contribution in [2.45, 2.75) is 40.0 Å². The van der Waals surface area contributed by atoms with Crippen LogP contribution in [0.3, 0.4) is 0 Å². The maximum absolute atomic E-state index is 12.3. The lowest BCUT2D eigenvalue weighted by Crippen LogP contribution is -2.39. The number of esters is 2. The molecule has 0 heterocycles. The molecule has 0 radical (unpaired) electrons. The molecule has 0 amide bonds. The molecule has 0 aromatic heterocycles. The molecule has 21 heavy (non-hydrogen) atoms. The van der Waals surface area contributed by atoms with E-state index in [0.717, 1.165) is 6.42 Å². The summed E-state index contributed by atoms with van der Waals surface area (Å²) in [6.07, 6.45) is 6.09. The highest BCUT2D eigenvalue weighted by molar-refractivity contribution is 6.00. The monoisotopic (exact) mass is 292 g/mol. The van der Waals surface area contributed by atoms with Crippen molar-refractivity contribution in [1.29, 1.82) is 0 Å². The molecule has 0 aromatic rings. The van der Waals surface area contributed by atoms with E-state index in [1.165, 1.54) is 25.4 Å². The predicted octanol–water partition coefficient (Wildman–Crippen LogP) is 3.03. The van der Waals surface area contributed by atoms with E-state index in [2.05, 4.69) is 32.9 Å². The first-order valence-corrected chi connectivity index (χ1v) is 7.31. The lowest BCUT2D eigenvalue weighted by molar-refractivity contribution is -0.169. The zero-order valence-electron chi connectivity index (χ0n) is 13.5. The van der Waals surface area contributed by atoms with Crippen molar-refractivity contribution in [1.82, 2.24) is 0 Å². The lowest BCUT2D eigenvalue weighted by Gasteiger charge is -2.34. The summed E-state index contributed by atoms with van der Waals surface area (Å²) in [5.74, 6) is -0.774. The van der Waals surface area contributed by atoms with Crippen LogP contribution in [0.5, 0.6) is 0 Å². The summed E-state index contributed by atoms with van der Waals surface area (Å²) in [6, 6.07) is 0. The Labute approximate surface area is 126 Å². The van der Waals surface area contributed by atoms with Crippen LogP contribution in [0.1, 0.15) is 40.0 Å². The number of allylic oxidation sites excluding steroid dienone is 4. The lowest BCUT2D eigenvalue weighted by atomic mass is 9.70. The van der Waals surface area contributed by atoms with Gasteiger partial charge in [-0.1, -0.05) is 30.2 Å². The maximum atomic E-state index is 12.3. The zero-order chi connectivity index (χ0) is 15.8. The molecule has 4 nitrogen and oxygen atoms in total. The molecule has 2 atom stereocenters. The number of methoxy groups -OCH3 is 2. The first kappa shape index (κ1) is 15.8. The third kappa shape index (κ3) is 2.30. The minimum absolute atomic E-state index is 0.186. The maximum Gasteiger partial charge on any atom is 0.323 e. The van der Waals surface area contributed by atoms with Gasteiger partial charge in [0.1, 0.15) is 0 Å². The molecule has 0 bridgehead atoms. The van der Waals surface area contributed by atoms with Gasteiger partial charge in [0, 0.05) is 0 Å². The first-order valence-electron chi connectivity index (χ1n) is 7.31. The summed E-state index contributed by atoms with van der Waals surface area (Å²) < 4.78 is 9.85. The van der Waals surface area contributed by atoms with Gasteiger partial charge in [-0.25, -0.2) is 0 Å². The Balaban J connectivity index is 2.52. The molecular weight excluding hydrogens is 268 g/mol. The van der Waals surface area contributed by atoms with Crippen molar-refractivity contribution in [3.63, 3.8) is 0 Å². The third-order valence-corrected chi connectivity index (χ3v) is 5.08. The van der Waals surface area contributed by atoms with Crippen LogP contribution in [-0.2, 0) is 19.1 Å². The Morgan fingerprint density at radius 3 is 2.24 bits per heavy atom. The predicted molar refractivity (Wildman–Crippen MR) is 79.4 cm³/mol. The zero-order valence-corrected chi connectivity index (χ0v) is 13.5. The van der Waals surface area contributed by atoms with Crippen LogP contribution < -0.4 is 0 Å². The number of fused-ring (bicyclic) bond motifs is 1. The summed E-state index contributed by atoms with van der Waals surface area (Å²) in [5, 5.41) is 0. The number of hydrogen-bond donors (Lipinski definition) is 0. The van der Waals surface area contributed by atoms with Crippen molar-refractivity contribution >= 4 is 11.9 Å². The number of hydrogen-bond acceptors (Lipinski definition) is 4. The van der Waals surface area contributed by atoms with E-state index in [1.807, 2.05) is 0 Å². The van der Waals surface area contributed by atoms with Gasteiger partial charge in [0.05, 0.1) is 14.2 Å². The number of ether oxygens (including phenoxy) is 2. The van der Waals surface area contributed by atoms with E-state index >= 15 is 0 Å². The molecule has 2 aliphatic rings. The minimum Gasteiger partial charge on any atom is -0.468 e. The van der Waals surface area contributed by atoms with Crippen LogP contribution in [0.25, 0.3) is 0 Å². The molecule has 2 aliphatic carbocycles. The van der Waals surface area contributed by atoms with E-state index < -0.39 is 17.4 Å². The second-order valence-electron chi connectivity index (χ2n) is 6.64. The highest BCUT2D eigenvalue weighted by atomic mass is 16.5. The molecular formula is C17H24O4. The third-order valence-electron chi connectivity index (χ3n) is 5.08. The normalized spacial score (nSPS) is 29.8. The van der Waals surface area contributed by atoms with Gasteiger partial charge in [0.15, 0.2) is 5.41 Å². The van der Waals surface area contributed by atoms with E-state index in [1.54, 1.807) is 0 Å². The molecule has 0 N–H and O–H groups in total. The number of carbonyl (C=O) groups excluding carboxylic acids is 2. The van der Waals surface area contributed by atoms with E-state index in [-0.39, 0.29) is 11.3 Å². The van der Waals surface area contributed by atoms with Crippen molar-refractivity contribution < 1.29 is 19.1 Å². The Bertz CT molecular complexity index is 509. The number of rotatable bonds is 2. The molecule has 1 saturated carbocycles. The summed E-state index contributed by atoms with van der Waals surface area (Å²) in [6.45, 7) is 6.29. The number of carbonyl (C=O) groups is 2. The highest BCUT2D eigenvalue weighted by Gasteiger charge is 2.62. The Morgan fingerprint density at radius 2 is 1.76 bits per heavy atom. The molecule has 0 aromatic carbocycles. The van der Waals surface area contributed by atoms with Crippen molar-refractivity contribution in [2.75, 3.05) is 14.2 Å². The van der Waals surface area contributed by atoms with Crippen LogP contribution in [0.15, 0.2) is 23.3 Å². The van der Waals surface area contributed by atoms with Crippen LogP contribution in [0.2, 0.25) is 0 Å².